The maximum absolute atomic E-state index is 13.7. The van der Waals surface area contributed by atoms with Crippen LogP contribution >= 0.6 is 0 Å². The summed E-state index contributed by atoms with van der Waals surface area (Å²) in [6.07, 6.45) is 5.27. The molecular weight excluding hydrogens is 505 g/mol. The number of benzene rings is 1. The Labute approximate surface area is 226 Å². The van der Waals surface area contributed by atoms with E-state index in [1.165, 1.54) is 19.2 Å². The molecule has 39 heavy (non-hydrogen) atoms. The second-order valence-corrected chi connectivity index (χ2v) is 9.45. The van der Waals surface area contributed by atoms with Gasteiger partial charge >= 0.3 is 0 Å². The molecule has 2 atom stereocenters. The fourth-order valence-corrected chi connectivity index (χ4v) is 4.51. The average molecular weight is 538 g/mol. The minimum Gasteiger partial charge on any atom is -0.494 e. The van der Waals surface area contributed by atoms with Crippen molar-refractivity contribution < 1.29 is 28.7 Å². The van der Waals surface area contributed by atoms with E-state index in [0.717, 1.165) is 12.0 Å². The third kappa shape index (κ3) is 6.85. The number of carbonyl (C=O) groups is 2. The van der Waals surface area contributed by atoms with Crippen molar-refractivity contribution in [2.45, 2.75) is 45.8 Å². The zero-order chi connectivity index (χ0) is 27.9. The van der Waals surface area contributed by atoms with Crippen LogP contribution < -0.4 is 15.4 Å². The lowest BCUT2D eigenvalue weighted by molar-refractivity contribution is -0.117. The van der Waals surface area contributed by atoms with E-state index in [1.54, 1.807) is 25.1 Å². The van der Waals surface area contributed by atoms with Crippen LogP contribution in [0.2, 0.25) is 0 Å². The molecule has 206 valence electrons. The molecule has 3 N–H and O–H groups in total. The van der Waals surface area contributed by atoms with Crippen molar-refractivity contribution in [3.05, 3.63) is 76.2 Å². The molecule has 2 heterocycles. The van der Waals surface area contributed by atoms with E-state index in [1.807, 2.05) is 6.08 Å². The molecule has 1 aromatic heterocycles. The van der Waals surface area contributed by atoms with Gasteiger partial charge in [-0.15, -0.1) is 0 Å². The van der Waals surface area contributed by atoms with Crippen molar-refractivity contribution in [3.8, 4) is 5.75 Å². The Morgan fingerprint density at radius 2 is 2.00 bits per heavy atom. The number of oxime groups is 1. The first kappa shape index (κ1) is 27.9. The predicted octanol–water partition coefficient (Wildman–Crippen LogP) is 2.75. The van der Waals surface area contributed by atoms with Crippen LogP contribution in [0.3, 0.4) is 0 Å². The van der Waals surface area contributed by atoms with Gasteiger partial charge in [-0.2, -0.15) is 0 Å². The number of nitrogens with one attached hydrogen (secondary N) is 2. The fourth-order valence-electron chi connectivity index (χ4n) is 4.51. The molecule has 2 unspecified atom stereocenters. The Hall–Kier alpha value is -4.12. The van der Waals surface area contributed by atoms with Gasteiger partial charge in [0.1, 0.15) is 17.2 Å². The number of hydrogen-bond acceptors (Lipinski definition) is 8. The Kier molecular flexibility index (Phi) is 9.03. The molecule has 2 aliphatic rings. The Morgan fingerprint density at radius 3 is 2.77 bits per heavy atom. The average Bonchev–Trinajstić information content (AvgIpc) is 3.34. The van der Waals surface area contributed by atoms with Crippen molar-refractivity contribution in [2.75, 3.05) is 20.3 Å². The van der Waals surface area contributed by atoms with Gasteiger partial charge in [-0.1, -0.05) is 30.3 Å². The van der Waals surface area contributed by atoms with E-state index in [4.69, 9.17) is 14.7 Å². The molecule has 1 aliphatic carbocycles. The summed E-state index contributed by atoms with van der Waals surface area (Å²) in [5, 5.41) is 18.7. The van der Waals surface area contributed by atoms with Crippen molar-refractivity contribution in [1.29, 1.82) is 0 Å². The molecule has 1 aromatic carbocycles. The van der Waals surface area contributed by atoms with Crippen LogP contribution in [-0.4, -0.2) is 59.0 Å². The number of aryl methyl sites for hydroxylation is 1. The van der Waals surface area contributed by atoms with E-state index in [0.29, 0.717) is 41.2 Å². The maximum Gasteiger partial charge on any atom is 0.270 e. The molecular formula is C28H32FN5O5. The molecule has 10 nitrogen and oxygen atoms in total. The summed E-state index contributed by atoms with van der Waals surface area (Å²) < 4.78 is 18.7. The molecule has 0 saturated heterocycles. The molecule has 1 aliphatic heterocycles. The van der Waals surface area contributed by atoms with Crippen LogP contribution in [0.25, 0.3) is 0 Å². The number of amides is 2. The number of ether oxygens (including phenoxy) is 1. The molecule has 2 amide bonds. The lowest BCUT2D eigenvalue weighted by atomic mass is 9.90. The highest BCUT2D eigenvalue weighted by atomic mass is 19.1. The van der Waals surface area contributed by atoms with E-state index < -0.39 is 11.7 Å². The Balaban J connectivity index is 1.43. The van der Waals surface area contributed by atoms with Gasteiger partial charge in [-0.05, 0) is 55.0 Å². The highest BCUT2D eigenvalue weighted by molar-refractivity contribution is 6.02. The van der Waals surface area contributed by atoms with Crippen LogP contribution in [0.15, 0.2) is 52.7 Å². The van der Waals surface area contributed by atoms with E-state index in [2.05, 4.69) is 32.7 Å². The molecule has 0 bridgehead atoms. The van der Waals surface area contributed by atoms with Crippen LogP contribution in [0.5, 0.6) is 5.75 Å². The van der Waals surface area contributed by atoms with Gasteiger partial charge in [0.25, 0.3) is 5.91 Å². The fraction of sp³-hybridized carbons (Fsp3) is 0.393. The second kappa shape index (κ2) is 12.6. The number of aromatic nitrogens is 2. The lowest BCUT2D eigenvalue weighted by Gasteiger charge is -2.18. The van der Waals surface area contributed by atoms with E-state index in [9.17, 15) is 14.0 Å². The number of methoxy groups -OCH3 is 1. The number of aliphatic hydroxyl groups excluding tert-OH is 1. The maximum atomic E-state index is 13.7. The summed E-state index contributed by atoms with van der Waals surface area (Å²) in [5.41, 5.74) is 3.65. The predicted molar refractivity (Wildman–Crippen MR) is 142 cm³/mol. The SMILES string of the molecule is COc1cc(CNC(=O)c2cc(C3=NOC(C4=CC=C(C(=O)NCCO)CCC4C)C3)nc(C)n2)ccc1F. The third-order valence-electron chi connectivity index (χ3n) is 6.66. The number of aliphatic hydroxyl groups is 1. The molecule has 0 fully saturated rings. The topological polar surface area (TPSA) is 135 Å². The molecule has 4 rings (SSSR count). The van der Waals surface area contributed by atoms with Gasteiger partial charge in [-0.25, -0.2) is 14.4 Å². The molecule has 11 heteroatoms. The van der Waals surface area contributed by atoms with Gasteiger partial charge in [0.05, 0.1) is 19.4 Å². The number of carbonyl (C=O) groups excluding carboxylic acids is 2. The Bertz CT molecular complexity index is 1340. The highest BCUT2D eigenvalue weighted by Crippen LogP contribution is 2.32. The molecule has 0 radical (unpaired) electrons. The molecule has 0 saturated carbocycles. The second-order valence-electron chi connectivity index (χ2n) is 9.45. The normalized spacial score (nSPS) is 18.7. The van der Waals surface area contributed by atoms with Gasteiger partial charge < -0.3 is 25.3 Å². The van der Waals surface area contributed by atoms with E-state index >= 15 is 0 Å². The van der Waals surface area contributed by atoms with Crippen molar-refractivity contribution >= 4 is 17.5 Å². The Morgan fingerprint density at radius 1 is 1.18 bits per heavy atom. The highest BCUT2D eigenvalue weighted by Gasteiger charge is 2.31. The van der Waals surface area contributed by atoms with Crippen LogP contribution in [0.1, 0.15) is 53.8 Å². The number of nitrogens with zero attached hydrogens (tertiary/aromatic N) is 3. The van der Waals surface area contributed by atoms with Gasteiger partial charge in [0.2, 0.25) is 5.91 Å². The monoisotopic (exact) mass is 537 g/mol. The third-order valence-corrected chi connectivity index (χ3v) is 6.66. The smallest absolute Gasteiger partial charge is 0.270 e. The first-order chi connectivity index (χ1) is 18.8. The summed E-state index contributed by atoms with van der Waals surface area (Å²) in [7, 11) is 1.38. The van der Waals surface area contributed by atoms with E-state index in [-0.39, 0.29) is 49.1 Å². The van der Waals surface area contributed by atoms with Gasteiger partial charge in [0, 0.05) is 25.1 Å². The van der Waals surface area contributed by atoms with Crippen molar-refractivity contribution in [1.82, 2.24) is 20.6 Å². The summed E-state index contributed by atoms with van der Waals surface area (Å²) in [4.78, 5) is 39.7. The quantitative estimate of drug-likeness (QED) is 0.448. The summed E-state index contributed by atoms with van der Waals surface area (Å²) in [6.45, 7) is 4.05. The largest absolute Gasteiger partial charge is 0.494 e. The minimum atomic E-state index is -0.476. The zero-order valence-electron chi connectivity index (χ0n) is 22.2. The first-order valence-corrected chi connectivity index (χ1v) is 12.8. The number of allylic oxidation sites excluding steroid dienone is 2. The van der Waals surface area contributed by atoms with Gasteiger partial charge in [0.15, 0.2) is 17.7 Å². The molecule has 2 aromatic rings. The summed E-state index contributed by atoms with van der Waals surface area (Å²) >= 11 is 0. The minimum absolute atomic E-state index is 0.102. The van der Waals surface area contributed by atoms with Crippen LogP contribution in [0, 0.1) is 18.7 Å². The standard InChI is InChI=1S/C28H32FN5O5/c1-16-4-6-19(27(36)30-10-11-35)7-8-20(16)25-14-23(34-39-25)22-13-24(33-17(2)32-22)28(37)31-15-18-5-9-21(29)26(12-18)38-3/h5,7-9,12-13,16,25,35H,4,6,10-11,14-15H2,1-3H3,(H,30,36)(H,31,37). The van der Waals surface area contributed by atoms with Gasteiger partial charge in [-0.3, -0.25) is 9.59 Å². The van der Waals surface area contributed by atoms with Crippen molar-refractivity contribution in [2.24, 2.45) is 11.1 Å². The number of hydrogen-bond donors (Lipinski definition) is 3. The van der Waals surface area contributed by atoms with Crippen LogP contribution in [0.4, 0.5) is 4.39 Å². The zero-order valence-corrected chi connectivity index (χ0v) is 22.2. The first-order valence-electron chi connectivity index (χ1n) is 12.8. The number of rotatable bonds is 9. The lowest BCUT2D eigenvalue weighted by Crippen LogP contribution is -2.27. The molecule has 0 spiro atoms. The number of halogens is 1. The summed E-state index contributed by atoms with van der Waals surface area (Å²) in [5.74, 6) is -0.378. The summed E-state index contributed by atoms with van der Waals surface area (Å²) in [6, 6.07) is 5.96. The van der Waals surface area contributed by atoms with Crippen LogP contribution in [-0.2, 0) is 16.2 Å². The van der Waals surface area contributed by atoms with Crippen molar-refractivity contribution in [3.63, 3.8) is 0 Å².